The molecule has 1 aliphatic rings. The zero-order valence-corrected chi connectivity index (χ0v) is 9.02. The van der Waals surface area contributed by atoms with Crippen molar-refractivity contribution < 1.29 is 9.47 Å². The highest BCUT2D eigenvalue weighted by Gasteiger charge is 2.16. The summed E-state index contributed by atoms with van der Waals surface area (Å²) in [6.07, 6.45) is 0.925. The molecule has 0 fully saturated rings. The first-order chi connectivity index (χ1) is 6.83. The van der Waals surface area contributed by atoms with E-state index in [1.807, 2.05) is 4.57 Å². The highest BCUT2D eigenvalue weighted by molar-refractivity contribution is 7.09. The zero-order valence-electron chi connectivity index (χ0n) is 8.21. The van der Waals surface area contributed by atoms with Crippen molar-refractivity contribution in [3.05, 3.63) is 15.4 Å². The maximum Gasteiger partial charge on any atom is 0.182 e. The van der Waals surface area contributed by atoms with Gasteiger partial charge in [0.15, 0.2) is 4.80 Å². The van der Waals surface area contributed by atoms with Crippen molar-refractivity contribution >= 4 is 11.3 Å². The normalized spacial score (nSPS) is 15.5. The molecular formula is C9H14N2O2S. The lowest BCUT2D eigenvalue weighted by Crippen LogP contribution is -2.21. The molecule has 0 spiro atoms. The van der Waals surface area contributed by atoms with Crippen LogP contribution in [0.5, 0.6) is 0 Å². The molecule has 5 heteroatoms. The first kappa shape index (κ1) is 9.89. The van der Waals surface area contributed by atoms with Crippen LogP contribution in [0.15, 0.2) is 0 Å². The van der Waals surface area contributed by atoms with Crippen molar-refractivity contribution in [3.63, 3.8) is 0 Å². The second kappa shape index (κ2) is 4.25. The van der Waals surface area contributed by atoms with Crippen LogP contribution < -0.4 is 4.80 Å². The Morgan fingerprint density at radius 1 is 1.64 bits per heavy atom. The molecule has 78 valence electrons. The second-order valence-corrected chi connectivity index (χ2v) is 4.31. The average molecular weight is 214 g/mol. The highest BCUT2D eigenvalue weighted by atomic mass is 32.1. The van der Waals surface area contributed by atoms with Gasteiger partial charge >= 0.3 is 0 Å². The van der Waals surface area contributed by atoms with Crippen LogP contribution in [0.3, 0.4) is 0 Å². The van der Waals surface area contributed by atoms with Gasteiger partial charge in [-0.05, 0) is 0 Å². The van der Waals surface area contributed by atoms with E-state index in [2.05, 4.69) is 0 Å². The van der Waals surface area contributed by atoms with Gasteiger partial charge in [-0.15, -0.1) is 0 Å². The molecule has 0 aromatic carbocycles. The number of hydrogen-bond acceptors (Lipinski definition) is 4. The van der Waals surface area contributed by atoms with Crippen LogP contribution in [0.25, 0.3) is 0 Å². The number of thiazole rings is 1. The standard InChI is InChI=1S/C9H14N2O2S/c1-12-5-3-11-7-2-4-13-6-8(7)14-9(11)10/h10H,2-6H2,1H3. The maximum atomic E-state index is 7.82. The minimum Gasteiger partial charge on any atom is -0.383 e. The molecule has 2 rings (SSSR count). The fourth-order valence-corrected chi connectivity index (χ4v) is 2.66. The van der Waals surface area contributed by atoms with E-state index in [1.165, 1.54) is 21.9 Å². The van der Waals surface area contributed by atoms with Gasteiger partial charge in [-0.2, -0.15) is 0 Å². The predicted molar refractivity (Wildman–Crippen MR) is 53.4 cm³/mol. The number of methoxy groups -OCH3 is 1. The molecule has 0 unspecified atom stereocenters. The van der Waals surface area contributed by atoms with E-state index in [0.29, 0.717) is 18.0 Å². The quantitative estimate of drug-likeness (QED) is 0.807. The van der Waals surface area contributed by atoms with Crippen LogP contribution in [0.2, 0.25) is 0 Å². The molecule has 1 aromatic rings. The third kappa shape index (κ3) is 1.75. The van der Waals surface area contributed by atoms with Crippen LogP contribution in [0.1, 0.15) is 10.6 Å². The minimum absolute atomic E-state index is 0.609. The van der Waals surface area contributed by atoms with Crippen LogP contribution in [0.4, 0.5) is 0 Å². The van der Waals surface area contributed by atoms with Gasteiger partial charge in [0.25, 0.3) is 0 Å². The molecule has 1 N–H and O–H groups in total. The first-order valence-electron chi connectivity index (χ1n) is 4.65. The van der Waals surface area contributed by atoms with Gasteiger partial charge in [-0.25, -0.2) is 0 Å². The van der Waals surface area contributed by atoms with Gasteiger partial charge in [0.1, 0.15) is 0 Å². The number of rotatable bonds is 3. The van der Waals surface area contributed by atoms with Gasteiger partial charge < -0.3 is 14.0 Å². The Kier molecular flexibility index (Phi) is 3.00. The topological polar surface area (TPSA) is 47.2 Å². The van der Waals surface area contributed by atoms with E-state index in [1.54, 1.807) is 7.11 Å². The van der Waals surface area contributed by atoms with Crippen molar-refractivity contribution in [2.75, 3.05) is 20.3 Å². The monoisotopic (exact) mass is 214 g/mol. The number of hydrogen-bond donors (Lipinski definition) is 1. The Morgan fingerprint density at radius 3 is 3.29 bits per heavy atom. The van der Waals surface area contributed by atoms with Crippen LogP contribution >= 0.6 is 11.3 Å². The maximum absolute atomic E-state index is 7.82. The summed E-state index contributed by atoms with van der Waals surface area (Å²) in [7, 11) is 1.69. The van der Waals surface area contributed by atoms with Crippen LogP contribution in [-0.2, 0) is 29.0 Å². The summed E-state index contributed by atoms with van der Waals surface area (Å²) < 4.78 is 12.4. The van der Waals surface area contributed by atoms with Crippen molar-refractivity contribution in [2.24, 2.45) is 0 Å². The first-order valence-corrected chi connectivity index (χ1v) is 5.47. The lowest BCUT2D eigenvalue weighted by atomic mass is 10.2. The molecule has 14 heavy (non-hydrogen) atoms. The molecule has 0 saturated heterocycles. The van der Waals surface area contributed by atoms with Gasteiger partial charge in [0.05, 0.1) is 24.7 Å². The van der Waals surface area contributed by atoms with E-state index in [0.717, 1.165) is 19.6 Å². The van der Waals surface area contributed by atoms with E-state index in [-0.39, 0.29) is 0 Å². The van der Waals surface area contributed by atoms with Gasteiger partial charge in [0.2, 0.25) is 0 Å². The Hall–Kier alpha value is -0.650. The summed E-state index contributed by atoms with van der Waals surface area (Å²) in [5.41, 5.74) is 1.27. The lowest BCUT2D eigenvalue weighted by molar-refractivity contribution is 0.109. The van der Waals surface area contributed by atoms with E-state index >= 15 is 0 Å². The molecule has 4 nitrogen and oxygen atoms in total. The number of fused-ring (bicyclic) bond motifs is 1. The van der Waals surface area contributed by atoms with Crippen molar-refractivity contribution in [2.45, 2.75) is 19.6 Å². The Balaban J connectivity index is 2.28. The Bertz CT molecular complexity index is 369. The molecule has 1 aliphatic heterocycles. The third-order valence-electron chi connectivity index (χ3n) is 2.35. The predicted octanol–water partition coefficient (Wildman–Crippen LogP) is 0.748. The largest absolute Gasteiger partial charge is 0.383 e. The summed E-state index contributed by atoms with van der Waals surface area (Å²) in [5.74, 6) is 0. The van der Waals surface area contributed by atoms with Crippen LogP contribution in [-0.4, -0.2) is 24.9 Å². The number of nitrogens with one attached hydrogen (secondary N) is 1. The molecule has 0 bridgehead atoms. The fraction of sp³-hybridized carbons (Fsp3) is 0.667. The zero-order chi connectivity index (χ0) is 9.97. The minimum atomic E-state index is 0.609. The summed E-state index contributed by atoms with van der Waals surface area (Å²) >= 11 is 1.52. The molecule has 2 heterocycles. The van der Waals surface area contributed by atoms with Crippen molar-refractivity contribution in [1.29, 1.82) is 5.41 Å². The summed E-state index contributed by atoms with van der Waals surface area (Å²) in [5, 5.41) is 7.82. The molecule has 0 radical (unpaired) electrons. The fourth-order valence-electron chi connectivity index (χ4n) is 1.64. The van der Waals surface area contributed by atoms with Gasteiger partial charge in [-0.3, -0.25) is 5.41 Å². The average Bonchev–Trinajstić information content (AvgIpc) is 2.51. The summed E-state index contributed by atoms with van der Waals surface area (Å²) in [6, 6.07) is 0. The molecular weight excluding hydrogens is 200 g/mol. The molecule has 0 aliphatic carbocycles. The summed E-state index contributed by atoms with van der Waals surface area (Å²) in [6.45, 7) is 2.89. The summed E-state index contributed by atoms with van der Waals surface area (Å²) in [4.78, 5) is 1.81. The third-order valence-corrected chi connectivity index (χ3v) is 3.36. The Morgan fingerprint density at radius 2 is 2.50 bits per heavy atom. The number of aromatic nitrogens is 1. The highest BCUT2D eigenvalue weighted by Crippen LogP contribution is 2.18. The van der Waals surface area contributed by atoms with Crippen LogP contribution in [0, 0.1) is 5.41 Å². The smallest absolute Gasteiger partial charge is 0.182 e. The SMILES string of the molecule is COCCn1c2c(sc1=N)COCC2. The molecule has 1 aromatic heterocycles. The molecule has 0 atom stereocenters. The Labute approximate surface area is 86.6 Å². The number of ether oxygens (including phenoxy) is 2. The van der Waals surface area contributed by atoms with E-state index in [9.17, 15) is 0 Å². The number of nitrogens with zero attached hydrogens (tertiary/aromatic N) is 1. The van der Waals surface area contributed by atoms with E-state index in [4.69, 9.17) is 14.9 Å². The molecule has 0 saturated carbocycles. The van der Waals surface area contributed by atoms with Crippen molar-refractivity contribution in [3.8, 4) is 0 Å². The van der Waals surface area contributed by atoms with Crippen molar-refractivity contribution in [1.82, 2.24) is 4.57 Å². The van der Waals surface area contributed by atoms with Gasteiger partial charge in [0, 0.05) is 25.8 Å². The van der Waals surface area contributed by atoms with E-state index < -0.39 is 0 Å². The molecule has 0 amide bonds. The second-order valence-electron chi connectivity index (χ2n) is 3.22. The van der Waals surface area contributed by atoms with Gasteiger partial charge in [-0.1, -0.05) is 11.3 Å². The lowest BCUT2D eigenvalue weighted by Gasteiger charge is -2.14.